The summed E-state index contributed by atoms with van der Waals surface area (Å²) in [5, 5.41) is 4.23. The molecular weight excluding hydrogens is 328 g/mol. The van der Waals surface area contributed by atoms with Gasteiger partial charge in [0.15, 0.2) is 0 Å². The molecule has 5 nitrogen and oxygen atoms in total. The standard InChI is InChI=1S/C21H28N2O3/c1-6-16(20(25)26-7-2)17-12-13-22-23(19(17)24)14-15-10-8-9-11-18(15)21(3,4)5/h8-13,16H,6-7,14H2,1-5H3. The maximum atomic E-state index is 12.9. The van der Waals surface area contributed by atoms with Crippen molar-refractivity contribution in [3.8, 4) is 0 Å². The fourth-order valence-electron chi connectivity index (χ4n) is 3.15. The number of hydrogen-bond donors (Lipinski definition) is 0. The second-order valence-corrected chi connectivity index (χ2v) is 7.37. The number of esters is 1. The van der Waals surface area contributed by atoms with E-state index in [1.165, 1.54) is 10.2 Å². The van der Waals surface area contributed by atoms with Gasteiger partial charge in [-0.05, 0) is 36.0 Å². The highest BCUT2D eigenvalue weighted by Gasteiger charge is 2.24. The molecule has 0 aliphatic carbocycles. The molecule has 1 heterocycles. The second kappa shape index (κ2) is 8.30. The maximum Gasteiger partial charge on any atom is 0.313 e. The Morgan fingerprint density at radius 2 is 1.88 bits per heavy atom. The van der Waals surface area contributed by atoms with Crippen LogP contribution in [0.3, 0.4) is 0 Å². The Labute approximate surface area is 155 Å². The molecule has 0 bridgehead atoms. The Balaban J connectivity index is 2.42. The number of carbonyl (C=O) groups excluding carboxylic acids is 1. The van der Waals surface area contributed by atoms with Crippen molar-refractivity contribution in [3.63, 3.8) is 0 Å². The Morgan fingerprint density at radius 1 is 1.19 bits per heavy atom. The summed E-state index contributed by atoms with van der Waals surface area (Å²) in [5.41, 5.74) is 2.40. The van der Waals surface area contributed by atoms with Gasteiger partial charge >= 0.3 is 5.97 Å². The molecular formula is C21H28N2O3. The van der Waals surface area contributed by atoms with Gasteiger partial charge in [-0.2, -0.15) is 5.10 Å². The summed E-state index contributed by atoms with van der Waals surface area (Å²) in [7, 11) is 0. The van der Waals surface area contributed by atoms with Gasteiger partial charge in [-0.1, -0.05) is 52.0 Å². The lowest BCUT2D eigenvalue weighted by molar-refractivity contribution is -0.145. The van der Waals surface area contributed by atoms with Crippen LogP contribution in [0.25, 0.3) is 0 Å². The predicted molar refractivity (Wildman–Crippen MR) is 102 cm³/mol. The molecule has 1 aromatic carbocycles. The summed E-state index contributed by atoms with van der Waals surface area (Å²) < 4.78 is 6.55. The molecule has 0 radical (unpaired) electrons. The van der Waals surface area contributed by atoms with Gasteiger partial charge in [0.2, 0.25) is 0 Å². The van der Waals surface area contributed by atoms with Gasteiger partial charge < -0.3 is 4.74 Å². The first kappa shape index (κ1) is 19.9. The summed E-state index contributed by atoms with van der Waals surface area (Å²) in [5.74, 6) is -0.922. The van der Waals surface area contributed by atoms with Crippen LogP contribution in [0.1, 0.15) is 63.6 Å². The molecule has 140 valence electrons. The van der Waals surface area contributed by atoms with Crippen LogP contribution >= 0.6 is 0 Å². The van der Waals surface area contributed by atoms with E-state index in [0.29, 0.717) is 25.1 Å². The van der Waals surface area contributed by atoms with Crippen LogP contribution in [-0.4, -0.2) is 22.4 Å². The highest BCUT2D eigenvalue weighted by Crippen LogP contribution is 2.26. The van der Waals surface area contributed by atoms with E-state index in [9.17, 15) is 9.59 Å². The number of aromatic nitrogens is 2. The number of nitrogens with zero attached hydrogens (tertiary/aromatic N) is 2. The van der Waals surface area contributed by atoms with Crippen molar-refractivity contribution in [1.29, 1.82) is 0 Å². The van der Waals surface area contributed by atoms with Crippen LogP contribution in [0.5, 0.6) is 0 Å². The number of carbonyl (C=O) groups is 1. The highest BCUT2D eigenvalue weighted by atomic mass is 16.5. The molecule has 26 heavy (non-hydrogen) atoms. The molecule has 0 saturated carbocycles. The third kappa shape index (κ3) is 4.40. The third-order valence-corrected chi connectivity index (χ3v) is 4.44. The van der Waals surface area contributed by atoms with Gasteiger partial charge in [0.25, 0.3) is 5.56 Å². The number of hydrogen-bond acceptors (Lipinski definition) is 4. The molecule has 1 unspecified atom stereocenters. The van der Waals surface area contributed by atoms with E-state index >= 15 is 0 Å². The molecule has 1 atom stereocenters. The first-order valence-corrected chi connectivity index (χ1v) is 9.10. The lowest BCUT2D eigenvalue weighted by Crippen LogP contribution is -2.31. The SMILES string of the molecule is CCOC(=O)C(CC)c1ccnn(Cc2ccccc2C(C)(C)C)c1=O. The monoisotopic (exact) mass is 356 g/mol. The van der Waals surface area contributed by atoms with Crippen molar-refractivity contribution < 1.29 is 9.53 Å². The smallest absolute Gasteiger partial charge is 0.313 e. The number of rotatable bonds is 6. The van der Waals surface area contributed by atoms with E-state index in [2.05, 4.69) is 31.9 Å². The van der Waals surface area contributed by atoms with Gasteiger partial charge in [-0.15, -0.1) is 0 Å². The zero-order chi connectivity index (χ0) is 19.3. The molecule has 0 amide bonds. The average Bonchev–Trinajstić information content (AvgIpc) is 2.58. The second-order valence-electron chi connectivity index (χ2n) is 7.37. The topological polar surface area (TPSA) is 61.2 Å². The van der Waals surface area contributed by atoms with Gasteiger partial charge in [-0.3, -0.25) is 9.59 Å². The van der Waals surface area contributed by atoms with Crippen molar-refractivity contribution in [2.45, 2.75) is 58.9 Å². The summed E-state index contributed by atoms with van der Waals surface area (Å²) in [6.07, 6.45) is 2.09. The first-order chi connectivity index (χ1) is 12.3. The van der Waals surface area contributed by atoms with Gasteiger partial charge in [0.05, 0.1) is 19.1 Å². The van der Waals surface area contributed by atoms with Crippen molar-refractivity contribution in [3.05, 3.63) is 63.6 Å². The van der Waals surface area contributed by atoms with Crippen LogP contribution in [-0.2, 0) is 21.5 Å². The minimum atomic E-state index is -0.561. The Bertz CT molecular complexity index is 818. The molecule has 0 saturated heterocycles. The zero-order valence-corrected chi connectivity index (χ0v) is 16.3. The largest absolute Gasteiger partial charge is 0.466 e. The Morgan fingerprint density at radius 3 is 2.50 bits per heavy atom. The first-order valence-electron chi connectivity index (χ1n) is 9.10. The average molecular weight is 356 g/mol. The lowest BCUT2D eigenvalue weighted by Gasteiger charge is -2.23. The number of ether oxygens (including phenoxy) is 1. The summed E-state index contributed by atoms with van der Waals surface area (Å²) >= 11 is 0. The Hall–Kier alpha value is -2.43. The zero-order valence-electron chi connectivity index (χ0n) is 16.3. The molecule has 2 rings (SSSR count). The van der Waals surface area contributed by atoms with E-state index < -0.39 is 5.92 Å². The van der Waals surface area contributed by atoms with Crippen LogP contribution in [0.15, 0.2) is 41.3 Å². The van der Waals surface area contributed by atoms with Crippen LogP contribution < -0.4 is 5.56 Å². The molecule has 1 aromatic heterocycles. The molecule has 5 heteroatoms. The lowest BCUT2D eigenvalue weighted by atomic mass is 9.84. The van der Waals surface area contributed by atoms with E-state index in [1.807, 2.05) is 25.1 Å². The van der Waals surface area contributed by atoms with Crippen molar-refractivity contribution >= 4 is 5.97 Å². The van der Waals surface area contributed by atoms with E-state index in [-0.39, 0.29) is 16.9 Å². The fourth-order valence-corrected chi connectivity index (χ4v) is 3.15. The molecule has 0 fully saturated rings. The normalized spacial score (nSPS) is 12.7. The maximum absolute atomic E-state index is 12.9. The Kier molecular flexibility index (Phi) is 6.35. The summed E-state index contributed by atoms with van der Waals surface area (Å²) in [4.78, 5) is 25.1. The van der Waals surface area contributed by atoms with Crippen molar-refractivity contribution in [2.75, 3.05) is 6.61 Å². The van der Waals surface area contributed by atoms with Gasteiger partial charge in [0, 0.05) is 11.8 Å². The van der Waals surface area contributed by atoms with E-state index in [4.69, 9.17) is 4.74 Å². The van der Waals surface area contributed by atoms with Crippen LogP contribution in [0, 0.1) is 0 Å². The summed E-state index contributed by atoms with van der Waals surface area (Å²) in [6, 6.07) is 9.69. The highest BCUT2D eigenvalue weighted by molar-refractivity contribution is 5.77. The quantitative estimate of drug-likeness (QED) is 0.741. The molecule has 0 aliphatic heterocycles. The minimum absolute atomic E-state index is 0.0330. The van der Waals surface area contributed by atoms with Crippen molar-refractivity contribution in [1.82, 2.24) is 9.78 Å². The third-order valence-electron chi connectivity index (χ3n) is 4.44. The predicted octanol–water partition coefficient (Wildman–Crippen LogP) is 3.65. The summed E-state index contributed by atoms with van der Waals surface area (Å²) in [6.45, 7) is 10.7. The number of benzene rings is 1. The molecule has 0 spiro atoms. The minimum Gasteiger partial charge on any atom is -0.466 e. The molecule has 2 aromatic rings. The van der Waals surface area contributed by atoms with Gasteiger partial charge in [-0.25, -0.2) is 4.68 Å². The fraction of sp³-hybridized carbons (Fsp3) is 0.476. The van der Waals surface area contributed by atoms with E-state index in [1.54, 1.807) is 19.2 Å². The molecule has 0 N–H and O–H groups in total. The van der Waals surface area contributed by atoms with E-state index in [0.717, 1.165) is 5.56 Å². The van der Waals surface area contributed by atoms with Gasteiger partial charge in [0.1, 0.15) is 0 Å². The molecule has 0 aliphatic rings. The van der Waals surface area contributed by atoms with Crippen LogP contribution in [0.2, 0.25) is 0 Å². The van der Waals surface area contributed by atoms with Crippen molar-refractivity contribution in [2.24, 2.45) is 0 Å². The van der Waals surface area contributed by atoms with Crippen LogP contribution in [0.4, 0.5) is 0 Å².